The minimum absolute atomic E-state index is 0.310. The molecule has 5 rings (SSSR count). The molecular formula is C21H13F2N5O2S. The number of carbonyl (C=O) groups is 1. The SMILES string of the molecule is O=C(Cn1nc2c3scc(-c4ccc(F)cc4)c3ncn2c1=O)Nc1ccc(F)cc1. The maximum atomic E-state index is 13.2. The van der Waals surface area contributed by atoms with Gasteiger partial charge in [-0.1, -0.05) is 12.1 Å². The van der Waals surface area contributed by atoms with Crippen molar-refractivity contribution in [3.05, 3.63) is 82.4 Å². The minimum atomic E-state index is -0.504. The van der Waals surface area contributed by atoms with E-state index < -0.39 is 17.4 Å². The number of carbonyl (C=O) groups excluding carboxylic acids is 1. The minimum Gasteiger partial charge on any atom is -0.324 e. The number of halogens is 2. The Morgan fingerprint density at radius 1 is 1.03 bits per heavy atom. The van der Waals surface area contributed by atoms with E-state index in [1.807, 2.05) is 5.38 Å². The standard InChI is InChI=1S/C21H13F2N5O2S/c22-13-3-1-12(2-4-13)16-10-31-19-18(16)24-11-27-20(19)26-28(21(27)30)9-17(29)25-15-7-5-14(23)6-8-15/h1-8,10-11H,9H2,(H,25,29). The number of nitrogens with zero attached hydrogens (tertiary/aromatic N) is 4. The topological polar surface area (TPSA) is 81.3 Å². The lowest BCUT2D eigenvalue weighted by molar-refractivity contribution is -0.117. The fraction of sp³-hybridized carbons (Fsp3) is 0.0476. The average molecular weight is 437 g/mol. The summed E-state index contributed by atoms with van der Waals surface area (Å²) in [5, 5.41) is 8.78. The molecule has 154 valence electrons. The van der Waals surface area contributed by atoms with Crippen LogP contribution in [0.3, 0.4) is 0 Å². The number of aromatic nitrogens is 4. The summed E-state index contributed by atoms with van der Waals surface area (Å²) in [7, 11) is 0. The van der Waals surface area contributed by atoms with Crippen molar-refractivity contribution >= 4 is 38.8 Å². The molecule has 0 spiro atoms. The molecule has 0 saturated carbocycles. The molecule has 3 aromatic heterocycles. The van der Waals surface area contributed by atoms with Gasteiger partial charge in [0.05, 0.1) is 10.2 Å². The van der Waals surface area contributed by atoms with E-state index in [-0.39, 0.29) is 12.4 Å². The number of hydrogen-bond acceptors (Lipinski definition) is 5. The van der Waals surface area contributed by atoms with Crippen LogP contribution in [0.15, 0.2) is 65.0 Å². The Morgan fingerprint density at radius 3 is 2.42 bits per heavy atom. The molecule has 0 atom stereocenters. The lowest BCUT2D eigenvalue weighted by Crippen LogP contribution is -2.28. The first-order valence-electron chi connectivity index (χ1n) is 9.16. The van der Waals surface area contributed by atoms with Crippen LogP contribution in [0.2, 0.25) is 0 Å². The van der Waals surface area contributed by atoms with Gasteiger partial charge in [0.15, 0.2) is 5.65 Å². The Labute approximate surface area is 177 Å². The first-order valence-corrected chi connectivity index (χ1v) is 10.0. The number of thiophene rings is 1. The van der Waals surface area contributed by atoms with Crippen molar-refractivity contribution in [3.8, 4) is 11.1 Å². The summed E-state index contributed by atoms with van der Waals surface area (Å²) in [6.07, 6.45) is 1.36. The first kappa shape index (κ1) is 19.1. The van der Waals surface area contributed by atoms with Gasteiger partial charge in [0.1, 0.15) is 24.5 Å². The highest BCUT2D eigenvalue weighted by atomic mass is 32.1. The molecule has 0 fully saturated rings. The first-order chi connectivity index (χ1) is 15.0. The molecule has 1 amide bonds. The molecule has 0 unspecified atom stereocenters. The zero-order chi connectivity index (χ0) is 21.5. The molecule has 0 bridgehead atoms. The zero-order valence-corrected chi connectivity index (χ0v) is 16.6. The number of hydrogen-bond donors (Lipinski definition) is 1. The molecule has 0 aliphatic rings. The summed E-state index contributed by atoms with van der Waals surface area (Å²) in [4.78, 5) is 29.4. The van der Waals surface area contributed by atoms with Gasteiger partial charge in [-0.2, -0.15) is 0 Å². The monoisotopic (exact) mass is 437 g/mol. The largest absolute Gasteiger partial charge is 0.352 e. The lowest BCUT2D eigenvalue weighted by Gasteiger charge is -2.04. The summed E-state index contributed by atoms with van der Waals surface area (Å²) in [5.41, 5.74) is 2.52. The molecule has 0 aliphatic carbocycles. The van der Waals surface area contributed by atoms with Crippen LogP contribution < -0.4 is 11.0 Å². The average Bonchev–Trinajstić information content (AvgIpc) is 3.32. The van der Waals surface area contributed by atoms with E-state index in [1.54, 1.807) is 12.1 Å². The lowest BCUT2D eigenvalue weighted by atomic mass is 10.1. The Hall–Kier alpha value is -3.92. The maximum Gasteiger partial charge on any atom is 0.352 e. The Kier molecular flexibility index (Phi) is 4.55. The molecule has 0 saturated heterocycles. The normalized spacial score (nSPS) is 11.3. The molecular weight excluding hydrogens is 424 g/mol. The van der Waals surface area contributed by atoms with Crippen LogP contribution in [0.1, 0.15) is 0 Å². The van der Waals surface area contributed by atoms with Gasteiger partial charge in [-0.3, -0.25) is 4.79 Å². The van der Waals surface area contributed by atoms with Gasteiger partial charge in [-0.05, 0) is 42.0 Å². The molecule has 0 radical (unpaired) electrons. The van der Waals surface area contributed by atoms with Crippen LogP contribution >= 0.6 is 11.3 Å². The van der Waals surface area contributed by atoms with Crippen molar-refractivity contribution in [2.75, 3.05) is 5.32 Å². The van der Waals surface area contributed by atoms with Crippen molar-refractivity contribution in [1.82, 2.24) is 19.2 Å². The molecule has 3 heterocycles. The summed E-state index contributed by atoms with van der Waals surface area (Å²) in [6, 6.07) is 11.4. The number of amides is 1. The number of fused-ring (bicyclic) bond motifs is 3. The number of nitrogens with one attached hydrogen (secondary N) is 1. The van der Waals surface area contributed by atoms with Crippen LogP contribution in [0, 0.1) is 11.6 Å². The van der Waals surface area contributed by atoms with Crippen LogP contribution in [-0.4, -0.2) is 25.1 Å². The fourth-order valence-corrected chi connectivity index (χ4v) is 4.24. The van der Waals surface area contributed by atoms with Crippen LogP contribution in [0.5, 0.6) is 0 Å². The second-order valence-electron chi connectivity index (χ2n) is 6.77. The van der Waals surface area contributed by atoms with Crippen LogP contribution in [0.4, 0.5) is 14.5 Å². The van der Waals surface area contributed by atoms with Gasteiger partial charge in [-0.15, -0.1) is 16.4 Å². The van der Waals surface area contributed by atoms with Gasteiger partial charge < -0.3 is 5.32 Å². The smallest absolute Gasteiger partial charge is 0.324 e. The van der Waals surface area contributed by atoms with Gasteiger partial charge in [0, 0.05) is 16.6 Å². The van der Waals surface area contributed by atoms with E-state index in [2.05, 4.69) is 15.4 Å². The second kappa shape index (κ2) is 7.40. The third-order valence-electron chi connectivity index (χ3n) is 4.72. The highest BCUT2D eigenvalue weighted by molar-refractivity contribution is 7.18. The van der Waals surface area contributed by atoms with Crippen molar-refractivity contribution in [1.29, 1.82) is 0 Å². The van der Waals surface area contributed by atoms with Crippen molar-refractivity contribution < 1.29 is 13.6 Å². The van der Waals surface area contributed by atoms with E-state index in [4.69, 9.17) is 0 Å². The zero-order valence-electron chi connectivity index (χ0n) is 15.8. The third-order valence-corrected chi connectivity index (χ3v) is 5.68. The summed E-state index contributed by atoms with van der Waals surface area (Å²) < 4.78 is 29.3. The summed E-state index contributed by atoms with van der Waals surface area (Å²) >= 11 is 1.36. The summed E-state index contributed by atoms with van der Waals surface area (Å²) in [5.74, 6) is -1.22. The van der Waals surface area contributed by atoms with E-state index >= 15 is 0 Å². The molecule has 1 N–H and O–H groups in total. The number of anilines is 1. The van der Waals surface area contributed by atoms with Crippen LogP contribution in [-0.2, 0) is 11.3 Å². The molecule has 2 aromatic carbocycles. The number of rotatable bonds is 4. The molecule has 10 heteroatoms. The van der Waals surface area contributed by atoms with Gasteiger partial charge in [0.2, 0.25) is 5.91 Å². The molecule has 5 aromatic rings. The number of benzene rings is 2. The highest BCUT2D eigenvalue weighted by Crippen LogP contribution is 2.34. The Morgan fingerprint density at radius 2 is 1.71 bits per heavy atom. The Bertz CT molecular complexity index is 1490. The maximum absolute atomic E-state index is 13.2. The van der Waals surface area contributed by atoms with Gasteiger partial charge >= 0.3 is 5.69 Å². The van der Waals surface area contributed by atoms with Crippen LogP contribution in [0.25, 0.3) is 27.0 Å². The quantitative estimate of drug-likeness (QED) is 0.465. The summed E-state index contributed by atoms with van der Waals surface area (Å²) in [6.45, 7) is -0.310. The fourth-order valence-electron chi connectivity index (χ4n) is 3.24. The second-order valence-corrected chi connectivity index (χ2v) is 7.65. The predicted octanol–water partition coefficient (Wildman–Crippen LogP) is 3.69. The Balaban J connectivity index is 1.49. The van der Waals surface area contributed by atoms with Gasteiger partial charge in [-0.25, -0.2) is 27.6 Å². The van der Waals surface area contributed by atoms with Gasteiger partial charge in [0.25, 0.3) is 0 Å². The highest BCUT2D eigenvalue weighted by Gasteiger charge is 2.17. The predicted molar refractivity (Wildman–Crippen MR) is 113 cm³/mol. The van der Waals surface area contributed by atoms with E-state index in [0.717, 1.165) is 15.8 Å². The van der Waals surface area contributed by atoms with Crippen molar-refractivity contribution in [3.63, 3.8) is 0 Å². The third kappa shape index (κ3) is 3.46. The van der Waals surface area contributed by atoms with E-state index in [0.29, 0.717) is 21.6 Å². The molecule has 31 heavy (non-hydrogen) atoms. The van der Waals surface area contributed by atoms with E-state index in [1.165, 1.54) is 58.5 Å². The molecule has 0 aliphatic heterocycles. The van der Waals surface area contributed by atoms with E-state index in [9.17, 15) is 18.4 Å². The molecule has 7 nitrogen and oxygen atoms in total. The van der Waals surface area contributed by atoms with Crippen molar-refractivity contribution in [2.45, 2.75) is 6.54 Å². The van der Waals surface area contributed by atoms with Crippen molar-refractivity contribution in [2.24, 2.45) is 0 Å².